The van der Waals surface area contributed by atoms with Gasteiger partial charge in [-0.15, -0.1) is 11.3 Å². The number of halogens is 1. The van der Waals surface area contributed by atoms with Crippen LogP contribution in [0.1, 0.15) is 39.2 Å². The normalized spacial score (nSPS) is 13.3. The number of aromatic nitrogens is 1. The van der Waals surface area contributed by atoms with Gasteiger partial charge in [0.05, 0.1) is 11.1 Å². The number of thiophene rings is 1. The number of carbonyl (C=O) groups excluding carboxylic acids is 1. The van der Waals surface area contributed by atoms with Gasteiger partial charge in [-0.2, -0.15) is 5.26 Å². The van der Waals surface area contributed by atoms with Gasteiger partial charge in [-0.1, -0.05) is 0 Å². The van der Waals surface area contributed by atoms with E-state index < -0.39 is 0 Å². The van der Waals surface area contributed by atoms with E-state index in [9.17, 15) is 10.1 Å². The van der Waals surface area contributed by atoms with Crippen molar-refractivity contribution in [3.63, 3.8) is 0 Å². The lowest BCUT2D eigenvalue weighted by Gasteiger charge is -2.09. The highest BCUT2D eigenvalue weighted by molar-refractivity contribution is 9.10. The average molecular weight is 362 g/mol. The molecule has 1 aliphatic carbocycles. The Kier molecular flexibility index (Phi) is 4.04. The monoisotopic (exact) mass is 361 g/mol. The first-order valence-electron chi connectivity index (χ1n) is 6.66. The summed E-state index contributed by atoms with van der Waals surface area (Å²) in [7, 11) is 0. The van der Waals surface area contributed by atoms with Gasteiger partial charge >= 0.3 is 0 Å². The van der Waals surface area contributed by atoms with E-state index in [1.54, 1.807) is 12.1 Å². The van der Waals surface area contributed by atoms with Crippen LogP contribution >= 0.6 is 27.3 Å². The van der Waals surface area contributed by atoms with E-state index in [2.05, 4.69) is 32.3 Å². The molecule has 21 heavy (non-hydrogen) atoms. The van der Waals surface area contributed by atoms with Crippen molar-refractivity contribution < 1.29 is 4.79 Å². The first-order valence-corrected chi connectivity index (χ1v) is 8.27. The predicted octanol–water partition coefficient (Wildman–Crippen LogP) is 3.91. The van der Waals surface area contributed by atoms with Crippen molar-refractivity contribution in [2.45, 2.75) is 25.7 Å². The van der Waals surface area contributed by atoms with Gasteiger partial charge in [-0.25, -0.2) is 4.98 Å². The minimum Gasteiger partial charge on any atom is -0.312 e. The SMILES string of the molecule is N#Cc1c(NC(=O)c2ccc(Br)nc2)sc2c1CCCC2. The van der Waals surface area contributed by atoms with Crippen LogP contribution in [0.4, 0.5) is 5.00 Å². The lowest BCUT2D eigenvalue weighted by atomic mass is 9.96. The summed E-state index contributed by atoms with van der Waals surface area (Å²) < 4.78 is 0.684. The third-order valence-electron chi connectivity index (χ3n) is 3.50. The van der Waals surface area contributed by atoms with E-state index in [4.69, 9.17) is 0 Å². The molecule has 2 aromatic heterocycles. The van der Waals surface area contributed by atoms with Gasteiger partial charge in [0, 0.05) is 11.1 Å². The molecule has 1 aliphatic rings. The van der Waals surface area contributed by atoms with Crippen molar-refractivity contribution >= 4 is 38.2 Å². The Morgan fingerprint density at radius 2 is 2.19 bits per heavy atom. The summed E-state index contributed by atoms with van der Waals surface area (Å²) >= 11 is 4.77. The van der Waals surface area contributed by atoms with E-state index in [-0.39, 0.29) is 5.91 Å². The summed E-state index contributed by atoms with van der Waals surface area (Å²) in [5.41, 5.74) is 2.24. The van der Waals surface area contributed by atoms with E-state index in [0.717, 1.165) is 31.2 Å². The second-order valence-corrected chi connectivity index (χ2v) is 6.77. The number of aryl methyl sites for hydroxylation is 1. The predicted molar refractivity (Wildman–Crippen MR) is 85.6 cm³/mol. The summed E-state index contributed by atoms with van der Waals surface area (Å²) in [5.74, 6) is -0.231. The van der Waals surface area contributed by atoms with Crippen molar-refractivity contribution in [2.24, 2.45) is 0 Å². The molecule has 2 aromatic rings. The van der Waals surface area contributed by atoms with E-state index >= 15 is 0 Å². The number of rotatable bonds is 2. The summed E-state index contributed by atoms with van der Waals surface area (Å²) in [6.45, 7) is 0. The van der Waals surface area contributed by atoms with Gasteiger partial charge in [0.1, 0.15) is 15.7 Å². The minimum absolute atomic E-state index is 0.231. The Bertz CT molecular complexity index is 731. The molecule has 0 spiro atoms. The molecular formula is C15H12BrN3OS. The van der Waals surface area contributed by atoms with Crippen LogP contribution in [-0.2, 0) is 12.8 Å². The standard InChI is InChI=1S/C15H12BrN3OS/c16-13-6-5-9(8-18-13)14(20)19-15-11(7-17)10-3-1-2-4-12(10)21-15/h5-6,8H,1-4H2,(H,19,20). The van der Waals surface area contributed by atoms with E-state index in [0.29, 0.717) is 20.7 Å². The summed E-state index contributed by atoms with van der Waals surface area (Å²) in [5, 5.41) is 12.9. The fourth-order valence-electron chi connectivity index (χ4n) is 2.46. The van der Waals surface area contributed by atoms with E-state index in [1.807, 2.05) is 0 Å². The van der Waals surface area contributed by atoms with Gasteiger partial charge in [0.2, 0.25) is 0 Å². The van der Waals surface area contributed by atoms with Crippen molar-refractivity contribution in [1.82, 2.24) is 4.98 Å². The zero-order valence-corrected chi connectivity index (χ0v) is 13.6. The van der Waals surface area contributed by atoms with Crippen molar-refractivity contribution in [1.29, 1.82) is 5.26 Å². The quantitative estimate of drug-likeness (QED) is 0.824. The lowest BCUT2D eigenvalue weighted by Crippen LogP contribution is -2.12. The summed E-state index contributed by atoms with van der Waals surface area (Å²) in [6, 6.07) is 5.66. The first kappa shape index (κ1) is 14.2. The molecule has 4 nitrogen and oxygen atoms in total. The Morgan fingerprint density at radius 3 is 2.90 bits per heavy atom. The second kappa shape index (κ2) is 5.96. The molecule has 0 radical (unpaired) electrons. The highest BCUT2D eigenvalue weighted by atomic mass is 79.9. The molecule has 1 amide bonds. The molecule has 0 unspecified atom stereocenters. The third-order valence-corrected chi connectivity index (χ3v) is 5.18. The molecule has 106 valence electrons. The number of nitriles is 1. The number of carbonyl (C=O) groups is 1. The minimum atomic E-state index is -0.231. The number of anilines is 1. The number of nitrogens with one attached hydrogen (secondary N) is 1. The molecule has 0 aliphatic heterocycles. The molecule has 6 heteroatoms. The van der Waals surface area contributed by atoms with E-state index in [1.165, 1.54) is 22.4 Å². The highest BCUT2D eigenvalue weighted by Crippen LogP contribution is 2.37. The van der Waals surface area contributed by atoms with Crippen LogP contribution in [-0.4, -0.2) is 10.9 Å². The highest BCUT2D eigenvalue weighted by Gasteiger charge is 2.22. The zero-order chi connectivity index (χ0) is 14.8. The molecule has 0 fully saturated rings. The molecule has 0 bridgehead atoms. The fourth-order valence-corrected chi connectivity index (χ4v) is 3.93. The topological polar surface area (TPSA) is 65.8 Å². The van der Waals surface area contributed by atoms with Crippen molar-refractivity contribution in [2.75, 3.05) is 5.32 Å². The maximum Gasteiger partial charge on any atom is 0.257 e. The number of fused-ring (bicyclic) bond motifs is 1. The lowest BCUT2D eigenvalue weighted by molar-refractivity contribution is 0.102. The van der Waals surface area contributed by atoms with Crippen LogP contribution in [0.2, 0.25) is 0 Å². The molecule has 0 saturated heterocycles. The smallest absolute Gasteiger partial charge is 0.257 e. The Hall–Kier alpha value is -1.71. The third kappa shape index (κ3) is 2.85. The molecule has 0 aromatic carbocycles. The Labute approximate surface area is 135 Å². The molecular weight excluding hydrogens is 350 g/mol. The molecule has 0 atom stereocenters. The van der Waals surface area contributed by atoms with Crippen LogP contribution in [0.5, 0.6) is 0 Å². The van der Waals surface area contributed by atoms with Crippen molar-refractivity contribution in [3.8, 4) is 6.07 Å². The van der Waals surface area contributed by atoms with Crippen LogP contribution < -0.4 is 5.32 Å². The van der Waals surface area contributed by atoms with Crippen LogP contribution in [0.3, 0.4) is 0 Å². The number of amides is 1. The molecule has 3 rings (SSSR count). The van der Waals surface area contributed by atoms with Crippen molar-refractivity contribution in [3.05, 3.63) is 44.5 Å². The molecule has 1 N–H and O–H groups in total. The number of nitrogens with zero attached hydrogens (tertiary/aromatic N) is 2. The fraction of sp³-hybridized carbons (Fsp3) is 0.267. The van der Waals surface area contributed by atoms with Crippen LogP contribution in [0.25, 0.3) is 0 Å². The average Bonchev–Trinajstić information content (AvgIpc) is 2.84. The van der Waals surface area contributed by atoms with Crippen LogP contribution in [0, 0.1) is 11.3 Å². The number of pyridine rings is 1. The maximum absolute atomic E-state index is 12.2. The van der Waals surface area contributed by atoms with Crippen LogP contribution in [0.15, 0.2) is 22.9 Å². The van der Waals surface area contributed by atoms with Gasteiger partial charge in [-0.3, -0.25) is 4.79 Å². The van der Waals surface area contributed by atoms with Gasteiger partial charge in [0.15, 0.2) is 0 Å². The second-order valence-electron chi connectivity index (χ2n) is 4.85. The first-order chi connectivity index (χ1) is 10.2. The maximum atomic E-state index is 12.2. The Morgan fingerprint density at radius 1 is 1.38 bits per heavy atom. The molecule has 2 heterocycles. The van der Waals surface area contributed by atoms with Gasteiger partial charge in [-0.05, 0) is 59.3 Å². The summed E-state index contributed by atoms with van der Waals surface area (Å²) in [4.78, 5) is 17.5. The van der Waals surface area contributed by atoms with Gasteiger partial charge in [0.25, 0.3) is 5.91 Å². The van der Waals surface area contributed by atoms with Gasteiger partial charge < -0.3 is 5.32 Å². The Balaban J connectivity index is 1.88. The molecule has 0 saturated carbocycles. The zero-order valence-electron chi connectivity index (χ0n) is 11.1. The largest absolute Gasteiger partial charge is 0.312 e. The number of hydrogen-bond acceptors (Lipinski definition) is 4. The summed E-state index contributed by atoms with van der Waals surface area (Å²) in [6.07, 6.45) is 5.72. The number of hydrogen-bond donors (Lipinski definition) is 1.